The first-order chi connectivity index (χ1) is 43.8. The zero-order valence-electron chi connectivity index (χ0n) is 73.1. The Kier molecular flexibility index (Phi) is 102. The molecule has 0 radical (unpaired) electrons. The largest absolute Gasteiger partial charge is 0.0683 e. The van der Waals surface area contributed by atoms with E-state index in [1.807, 2.05) is 13.8 Å². The molecule has 0 aromatic carbocycles. The number of hydrogen-bond donors (Lipinski definition) is 0. The fourth-order valence-corrected chi connectivity index (χ4v) is 16.0. The van der Waals surface area contributed by atoms with E-state index in [1.54, 1.807) is 0 Å². The summed E-state index contributed by atoms with van der Waals surface area (Å²) in [6.07, 6.45) is 62.4. The molecule has 0 fully saturated rings. The van der Waals surface area contributed by atoms with E-state index in [-0.39, 0.29) is 0 Å². The Morgan fingerprint density at radius 2 is 0.467 bits per heavy atom. The molecule has 0 amide bonds. The zero-order valence-corrected chi connectivity index (χ0v) is 73.1. The van der Waals surface area contributed by atoms with Gasteiger partial charge in [-0.25, -0.2) is 0 Å². The maximum absolute atomic E-state index is 2.47. The van der Waals surface area contributed by atoms with Gasteiger partial charge in [-0.1, -0.05) is 473 Å². The Labute approximate surface area is 596 Å². The molecular formula is C92H202. The van der Waals surface area contributed by atoms with Crippen LogP contribution < -0.4 is 0 Å². The van der Waals surface area contributed by atoms with Crippen molar-refractivity contribution in [3.8, 4) is 0 Å². The van der Waals surface area contributed by atoms with Crippen molar-refractivity contribution < 1.29 is 0 Å². The van der Waals surface area contributed by atoms with Crippen molar-refractivity contribution in [2.24, 2.45) is 75.4 Å². The molecule has 0 aliphatic heterocycles. The second-order valence-electron chi connectivity index (χ2n) is 31.4. The van der Waals surface area contributed by atoms with Crippen LogP contribution in [0.25, 0.3) is 0 Å². The van der Waals surface area contributed by atoms with Gasteiger partial charge in [-0.3, -0.25) is 0 Å². The molecular weight excluding hydrogens is 1110 g/mol. The summed E-state index contributed by atoms with van der Waals surface area (Å²) in [5.41, 5.74) is 2.02. The van der Waals surface area contributed by atoms with Crippen molar-refractivity contribution in [2.75, 3.05) is 0 Å². The predicted molar refractivity (Wildman–Crippen MR) is 443 cm³/mol. The van der Waals surface area contributed by atoms with Crippen molar-refractivity contribution in [1.82, 2.24) is 0 Å². The van der Waals surface area contributed by atoms with Gasteiger partial charge in [0, 0.05) is 0 Å². The van der Waals surface area contributed by atoms with Crippen LogP contribution in [-0.2, 0) is 0 Å². The van der Waals surface area contributed by atoms with Crippen LogP contribution in [0.1, 0.15) is 524 Å². The van der Waals surface area contributed by atoms with E-state index in [0.29, 0.717) is 16.2 Å². The summed E-state index contributed by atoms with van der Waals surface area (Å²) in [5, 5.41) is 0. The summed E-state index contributed by atoms with van der Waals surface area (Å²) in [7, 11) is 0. The van der Waals surface area contributed by atoms with Gasteiger partial charge in [0.15, 0.2) is 0 Å². The fraction of sp³-hybridized carbons (Fsp3) is 1.00. The van der Waals surface area contributed by atoms with E-state index in [0.717, 1.165) is 59.2 Å². The maximum Gasteiger partial charge on any atom is -0.0300 e. The Morgan fingerprint density at radius 1 is 0.217 bits per heavy atom. The molecule has 0 aliphatic rings. The second-order valence-corrected chi connectivity index (χ2v) is 31.4. The summed E-state index contributed by atoms with van der Waals surface area (Å²) in [5.74, 6) is 9.60. The van der Waals surface area contributed by atoms with Crippen LogP contribution in [0.5, 0.6) is 0 Å². The molecule has 570 valence electrons. The van der Waals surface area contributed by atoms with E-state index in [1.165, 1.54) is 289 Å². The van der Waals surface area contributed by atoms with E-state index in [2.05, 4.69) is 222 Å². The molecule has 10 unspecified atom stereocenters. The molecule has 0 rings (SSSR count). The second kappa shape index (κ2) is 85.2. The highest BCUT2D eigenvalue weighted by molar-refractivity contribution is 4.77. The third kappa shape index (κ3) is 74.2. The van der Waals surface area contributed by atoms with E-state index >= 15 is 0 Å². The first-order valence-electron chi connectivity index (χ1n) is 43.8. The van der Waals surface area contributed by atoms with Crippen LogP contribution in [0, 0.1) is 75.4 Å². The predicted octanol–water partition coefficient (Wildman–Crippen LogP) is 36.2. The Bertz CT molecular complexity index is 1130. The lowest BCUT2D eigenvalue weighted by molar-refractivity contribution is 0.202. The van der Waals surface area contributed by atoms with Crippen molar-refractivity contribution in [2.45, 2.75) is 524 Å². The maximum atomic E-state index is 2.47. The highest BCUT2D eigenvalue weighted by Gasteiger charge is 2.25. The minimum atomic E-state index is 0.652. The number of unbranched alkanes of at least 4 members (excludes halogenated alkanes) is 1. The summed E-state index contributed by atoms with van der Waals surface area (Å²) < 4.78 is 0. The SMILES string of the molecule is CC.CCCC(C)C(C)CCC.CCCC(C)C(CC)CCC.CCCC(C)CC(C)CCC.CCCC(C)CCC(C)CCC.CCCC(CC)(CC)CC.CCCC(CC)(CCC)CCC.CCCC(CC)C(CC)CCC.CCCCC(C)(CCC)CCC. The number of rotatable bonds is 50. The van der Waals surface area contributed by atoms with Gasteiger partial charge in [0.25, 0.3) is 0 Å². The van der Waals surface area contributed by atoms with Gasteiger partial charge in [0.05, 0.1) is 0 Å². The van der Waals surface area contributed by atoms with E-state index in [4.69, 9.17) is 0 Å². The van der Waals surface area contributed by atoms with Crippen molar-refractivity contribution in [3.05, 3.63) is 0 Å². The van der Waals surface area contributed by atoms with Gasteiger partial charge in [0.2, 0.25) is 0 Å². The lowest BCUT2D eigenvalue weighted by Gasteiger charge is -2.32. The first-order valence-corrected chi connectivity index (χ1v) is 43.8. The average Bonchev–Trinajstić information content (AvgIpc) is 2.01. The third-order valence-electron chi connectivity index (χ3n) is 22.3. The molecule has 0 heteroatoms. The average molecular weight is 1310 g/mol. The lowest BCUT2D eigenvalue weighted by Crippen LogP contribution is -2.19. The summed E-state index contributed by atoms with van der Waals surface area (Å²) in [6.45, 7) is 78.5. The Hall–Kier alpha value is 0. The van der Waals surface area contributed by atoms with Gasteiger partial charge in [-0.15, -0.1) is 0 Å². The van der Waals surface area contributed by atoms with Crippen LogP contribution in [0.2, 0.25) is 0 Å². The molecule has 0 spiro atoms. The van der Waals surface area contributed by atoms with Crippen molar-refractivity contribution >= 4 is 0 Å². The van der Waals surface area contributed by atoms with Gasteiger partial charge in [-0.2, -0.15) is 0 Å². The van der Waals surface area contributed by atoms with E-state index < -0.39 is 0 Å². The summed E-state index contributed by atoms with van der Waals surface area (Å²) in [4.78, 5) is 0. The smallest absolute Gasteiger partial charge is 0.0300 e. The molecule has 0 aromatic heterocycles. The highest BCUT2D eigenvalue weighted by atomic mass is 14.3. The minimum absolute atomic E-state index is 0.652. The summed E-state index contributed by atoms with van der Waals surface area (Å²) in [6, 6.07) is 0. The van der Waals surface area contributed by atoms with Crippen LogP contribution >= 0.6 is 0 Å². The Morgan fingerprint density at radius 3 is 0.696 bits per heavy atom. The quantitative estimate of drug-likeness (QED) is 0.0569. The highest BCUT2D eigenvalue weighted by Crippen LogP contribution is 2.39. The molecule has 0 saturated carbocycles. The first kappa shape index (κ1) is 111. The standard InChI is InChI=1S/4C12H26.2C11H24.2C10H22.C2H6/c1-5-7-11(3)9-10-12(4)8-6-2;1-5-8-11-12(4,9-6-2)10-7-3;1-5-9-12(8-4,10-6-2)11-7-3;1-5-9-11(7-3)12(8-4)10-6-2;1-5-7-10(3)9-11(4)8-6-2;1-5-8-10(4)11(7-3)9-6-2;1-5-7-9(3)10(4)8-6-2;1-5-9-10(6-2,7-3)8-4;1-2/h11-12H,5-10H2,1-4H3;2*5-11H2,1-4H3;11-12H,5-10H2,1-4H3;2*10-11H,5-9H2,1-4H3;9-10H,5-8H2,1-4H3;5-9H2,1-4H3;1-2H3. The van der Waals surface area contributed by atoms with Gasteiger partial charge >= 0.3 is 0 Å². The molecule has 0 heterocycles. The zero-order chi connectivity index (χ0) is 73.1. The Balaban J connectivity index is -0.000000122. The van der Waals surface area contributed by atoms with Crippen molar-refractivity contribution in [1.29, 1.82) is 0 Å². The van der Waals surface area contributed by atoms with Crippen LogP contribution in [0.4, 0.5) is 0 Å². The normalized spacial score (nSPS) is 14.4. The molecule has 0 aliphatic carbocycles. The lowest BCUT2D eigenvalue weighted by atomic mass is 9.74. The monoisotopic (exact) mass is 1310 g/mol. The molecule has 92 heavy (non-hydrogen) atoms. The molecule has 0 aromatic rings. The molecule has 0 nitrogen and oxygen atoms in total. The van der Waals surface area contributed by atoms with Crippen LogP contribution in [0.3, 0.4) is 0 Å². The molecule has 0 N–H and O–H groups in total. The van der Waals surface area contributed by atoms with Gasteiger partial charge in [0.1, 0.15) is 0 Å². The third-order valence-corrected chi connectivity index (χ3v) is 22.3. The summed E-state index contributed by atoms with van der Waals surface area (Å²) >= 11 is 0. The van der Waals surface area contributed by atoms with Crippen molar-refractivity contribution in [3.63, 3.8) is 0 Å². The van der Waals surface area contributed by atoms with E-state index in [9.17, 15) is 0 Å². The molecule has 0 saturated heterocycles. The molecule has 0 bridgehead atoms. The van der Waals surface area contributed by atoms with Crippen LogP contribution in [-0.4, -0.2) is 0 Å². The fourth-order valence-electron chi connectivity index (χ4n) is 16.0. The molecule has 10 atom stereocenters. The minimum Gasteiger partial charge on any atom is -0.0683 e. The topological polar surface area (TPSA) is 0 Å². The van der Waals surface area contributed by atoms with Gasteiger partial charge in [-0.05, 0) is 127 Å². The number of hydrogen-bond acceptors (Lipinski definition) is 0. The van der Waals surface area contributed by atoms with Gasteiger partial charge < -0.3 is 0 Å². The van der Waals surface area contributed by atoms with Crippen LogP contribution in [0.15, 0.2) is 0 Å².